The predicted molar refractivity (Wildman–Crippen MR) is 111 cm³/mol. The van der Waals surface area contributed by atoms with E-state index in [1.807, 2.05) is 36.1 Å². The van der Waals surface area contributed by atoms with Crippen LogP contribution in [0.2, 0.25) is 0 Å². The van der Waals surface area contributed by atoms with Crippen LogP contribution in [0, 0.1) is 0 Å². The van der Waals surface area contributed by atoms with E-state index in [-0.39, 0.29) is 23.7 Å². The van der Waals surface area contributed by atoms with Gasteiger partial charge in [0.2, 0.25) is 0 Å². The second-order valence-corrected chi connectivity index (χ2v) is 9.00. The van der Waals surface area contributed by atoms with E-state index >= 15 is 0 Å². The lowest BCUT2D eigenvalue weighted by Crippen LogP contribution is -2.39. The van der Waals surface area contributed by atoms with Crippen molar-refractivity contribution >= 4 is 17.0 Å². The fourth-order valence-corrected chi connectivity index (χ4v) is 3.99. The standard InChI is InChI=1S/C22H27N5O3/c1-14(2)27-19-10-17(23-12-16(19)13-24-27)18-11-20(30-25-18)15-4-8-26(9-5-15)21(28)29-22(3)6-7-22/h10-15H,4-9H2,1-3H3. The number of fused-ring (bicyclic) bond motifs is 1. The summed E-state index contributed by atoms with van der Waals surface area (Å²) >= 11 is 0. The lowest BCUT2D eigenvalue weighted by atomic mass is 9.94. The molecule has 0 atom stereocenters. The molecule has 3 aromatic rings. The first-order valence-electron chi connectivity index (χ1n) is 10.7. The number of hydrogen-bond acceptors (Lipinski definition) is 6. The molecule has 0 unspecified atom stereocenters. The molecule has 158 valence electrons. The first-order chi connectivity index (χ1) is 14.4. The Balaban J connectivity index is 1.27. The summed E-state index contributed by atoms with van der Waals surface area (Å²) in [6, 6.07) is 4.26. The van der Waals surface area contributed by atoms with Crippen LogP contribution in [0.15, 0.2) is 29.0 Å². The molecule has 4 heterocycles. The van der Waals surface area contributed by atoms with E-state index in [4.69, 9.17) is 9.26 Å². The van der Waals surface area contributed by atoms with Gasteiger partial charge in [0.15, 0.2) is 0 Å². The molecular formula is C22H27N5O3. The van der Waals surface area contributed by atoms with Gasteiger partial charge in [-0.2, -0.15) is 5.10 Å². The Bertz CT molecular complexity index is 1070. The Morgan fingerprint density at radius 3 is 2.67 bits per heavy atom. The number of pyridine rings is 1. The topological polar surface area (TPSA) is 86.3 Å². The Morgan fingerprint density at radius 1 is 1.20 bits per heavy atom. The van der Waals surface area contributed by atoms with Gasteiger partial charge in [-0.25, -0.2) is 4.79 Å². The van der Waals surface area contributed by atoms with Crippen molar-refractivity contribution in [2.75, 3.05) is 13.1 Å². The lowest BCUT2D eigenvalue weighted by Gasteiger charge is -2.31. The van der Waals surface area contributed by atoms with Crippen molar-refractivity contribution in [3.63, 3.8) is 0 Å². The summed E-state index contributed by atoms with van der Waals surface area (Å²) in [4.78, 5) is 18.6. The SMILES string of the molecule is CC(C)n1ncc2cnc(-c3cc(C4CCN(C(=O)OC5(C)CC5)CC4)on3)cc21. The van der Waals surface area contributed by atoms with Gasteiger partial charge >= 0.3 is 6.09 Å². The van der Waals surface area contributed by atoms with E-state index in [9.17, 15) is 4.79 Å². The van der Waals surface area contributed by atoms with E-state index in [0.717, 1.165) is 53.7 Å². The molecule has 8 heteroatoms. The monoisotopic (exact) mass is 409 g/mol. The smallest absolute Gasteiger partial charge is 0.410 e. The van der Waals surface area contributed by atoms with Crippen molar-refractivity contribution < 1.29 is 14.1 Å². The molecule has 1 saturated heterocycles. The summed E-state index contributed by atoms with van der Waals surface area (Å²) in [5, 5.41) is 9.72. The van der Waals surface area contributed by atoms with Crippen LogP contribution in [0.1, 0.15) is 64.2 Å². The first-order valence-corrected chi connectivity index (χ1v) is 10.7. The molecule has 1 aliphatic heterocycles. The minimum atomic E-state index is -0.229. The molecule has 0 radical (unpaired) electrons. The number of nitrogens with zero attached hydrogens (tertiary/aromatic N) is 5. The van der Waals surface area contributed by atoms with E-state index in [2.05, 4.69) is 29.1 Å². The van der Waals surface area contributed by atoms with Crippen molar-refractivity contribution in [2.24, 2.45) is 0 Å². The molecule has 5 rings (SSSR count). The largest absolute Gasteiger partial charge is 0.443 e. The fourth-order valence-electron chi connectivity index (χ4n) is 3.99. The zero-order chi connectivity index (χ0) is 20.9. The van der Waals surface area contributed by atoms with Gasteiger partial charge in [0, 0.05) is 42.7 Å². The summed E-state index contributed by atoms with van der Waals surface area (Å²) in [6.45, 7) is 7.55. The van der Waals surface area contributed by atoms with Gasteiger partial charge in [0.05, 0.1) is 17.4 Å². The van der Waals surface area contributed by atoms with Crippen molar-refractivity contribution in [3.8, 4) is 11.4 Å². The van der Waals surface area contributed by atoms with Gasteiger partial charge in [-0.15, -0.1) is 0 Å². The number of ether oxygens (including phenoxy) is 1. The highest BCUT2D eigenvalue weighted by molar-refractivity contribution is 5.81. The molecule has 2 fully saturated rings. The lowest BCUT2D eigenvalue weighted by molar-refractivity contribution is 0.0512. The maximum Gasteiger partial charge on any atom is 0.410 e. The molecule has 8 nitrogen and oxygen atoms in total. The molecular weight excluding hydrogens is 382 g/mol. The predicted octanol–water partition coefficient (Wildman–Crippen LogP) is 4.54. The zero-order valence-electron chi connectivity index (χ0n) is 17.7. The van der Waals surface area contributed by atoms with Gasteiger partial charge < -0.3 is 14.2 Å². The number of aromatic nitrogens is 4. The van der Waals surface area contributed by atoms with Gasteiger partial charge in [-0.3, -0.25) is 9.67 Å². The normalized spacial score (nSPS) is 18.9. The highest BCUT2D eigenvalue weighted by Crippen LogP contribution is 2.39. The van der Waals surface area contributed by atoms with Crippen molar-refractivity contribution in [1.82, 2.24) is 24.8 Å². The minimum absolute atomic E-state index is 0.189. The molecule has 3 aromatic heterocycles. The Morgan fingerprint density at radius 2 is 1.97 bits per heavy atom. The molecule has 0 bridgehead atoms. The molecule has 30 heavy (non-hydrogen) atoms. The summed E-state index contributed by atoms with van der Waals surface area (Å²) in [6.07, 6.45) is 7.09. The zero-order valence-corrected chi connectivity index (χ0v) is 17.7. The number of hydrogen-bond donors (Lipinski definition) is 0. The maximum atomic E-state index is 12.3. The summed E-state index contributed by atoms with van der Waals surface area (Å²) < 4.78 is 13.2. The Labute approximate surface area is 175 Å². The van der Waals surface area contributed by atoms with E-state index in [1.54, 1.807) is 4.90 Å². The third kappa shape index (κ3) is 3.55. The number of carbonyl (C=O) groups is 1. The summed E-state index contributed by atoms with van der Waals surface area (Å²) in [5.74, 6) is 1.10. The van der Waals surface area contributed by atoms with Crippen LogP contribution in [0.25, 0.3) is 22.3 Å². The molecule has 0 spiro atoms. The van der Waals surface area contributed by atoms with Crippen LogP contribution >= 0.6 is 0 Å². The number of rotatable bonds is 4. The van der Waals surface area contributed by atoms with Crippen LogP contribution in [-0.2, 0) is 4.74 Å². The molecule has 2 aliphatic rings. The van der Waals surface area contributed by atoms with Crippen molar-refractivity contribution in [2.45, 2.75) is 64.0 Å². The third-order valence-corrected chi connectivity index (χ3v) is 6.20. The number of amides is 1. The van der Waals surface area contributed by atoms with Gasteiger partial charge in [-0.05, 0) is 52.5 Å². The average molecular weight is 409 g/mol. The Kier molecular flexibility index (Phi) is 4.52. The highest BCUT2D eigenvalue weighted by atomic mass is 16.6. The Hall–Kier alpha value is -2.90. The molecule has 1 aliphatic carbocycles. The number of piperidine rings is 1. The minimum Gasteiger partial charge on any atom is -0.443 e. The second kappa shape index (κ2) is 7.11. The number of carbonyl (C=O) groups excluding carboxylic acids is 1. The van der Waals surface area contributed by atoms with Crippen LogP contribution in [0.5, 0.6) is 0 Å². The first kappa shape index (κ1) is 19.1. The molecule has 1 amide bonds. The molecule has 0 N–H and O–H groups in total. The van der Waals surface area contributed by atoms with Gasteiger partial charge in [0.25, 0.3) is 0 Å². The quantitative estimate of drug-likeness (QED) is 0.629. The van der Waals surface area contributed by atoms with Crippen LogP contribution < -0.4 is 0 Å². The maximum absolute atomic E-state index is 12.3. The van der Waals surface area contributed by atoms with Crippen molar-refractivity contribution in [3.05, 3.63) is 30.3 Å². The van der Waals surface area contributed by atoms with Crippen LogP contribution in [-0.4, -0.2) is 49.6 Å². The third-order valence-electron chi connectivity index (χ3n) is 6.20. The summed E-state index contributed by atoms with van der Waals surface area (Å²) in [5.41, 5.74) is 2.31. The van der Waals surface area contributed by atoms with Gasteiger partial charge in [-0.1, -0.05) is 5.16 Å². The van der Waals surface area contributed by atoms with E-state index < -0.39 is 0 Å². The number of likely N-dealkylation sites (tertiary alicyclic amines) is 1. The van der Waals surface area contributed by atoms with Crippen LogP contribution in [0.3, 0.4) is 0 Å². The molecule has 1 saturated carbocycles. The van der Waals surface area contributed by atoms with E-state index in [0.29, 0.717) is 13.1 Å². The van der Waals surface area contributed by atoms with Crippen LogP contribution in [0.4, 0.5) is 4.79 Å². The highest BCUT2D eigenvalue weighted by Gasteiger charge is 2.43. The van der Waals surface area contributed by atoms with Crippen molar-refractivity contribution in [1.29, 1.82) is 0 Å². The second-order valence-electron chi connectivity index (χ2n) is 9.00. The average Bonchev–Trinajstić information content (AvgIpc) is 3.14. The van der Waals surface area contributed by atoms with E-state index in [1.165, 1.54) is 0 Å². The molecule has 0 aromatic carbocycles. The summed E-state index contributed by atoms with van der Waals surface area (Å²) in [7, 11) is 0. The van der Waals surface area contributed by atoms with Gasteiger partial charge in [0.1, 0.15) is 17.1 Å². The fraction of sp³-hybridized carbons (Fsp3) is 0.545.